The molecule has 0 aromatic rings. The molecule has 84 valence electrons. The normalized spacial score (nSPS) is 25.2. The third kappa shape index (κ3) is 2.57. The van der Waals surface area contributed by atoms with Crippen molar-refractivity contribution in [1.29, 1.82) is 0 Å². The van der Waals surface area contributed by atoms with Gasteiger partial charge < -0.3 is 0 Å². The van der Waals surface area contributed by atoms with Gasteiger partial charge >= 0.3 is 7.75 Å². The third-order valence-corrected chi connectivity index (χ3v) is 4.48. The SMILES string of the molecule is CCN(CC)P1(=O)OCC(C)(C)CO1. The Hall–Kier alpha value is 0.110. The van der Waals surface area contributed by atoms with Crippen LogP contribution in [0.5, 0.6) is 0 Å². The minimum Gasteiger partial charge on any atom is -0.296 e. The molecule has 0 radical (unpaired) electrons. The average molecular weight is 221 g/mol. The smallest absolute Gasteiger partial charge is 0.296 e. The molecular weight excluding hydrogens is 201 g/mol. The highest BCUT2D eigenvalue weighted by molar-refractivity contribution is 7.51. The second-order valence-electron chi connectivity index (χ2n) is 4.32. The summed E-state index contributed by atoms with van der Waals surface area (Å²) in [5.41, 5.74) is -0.0267. The fourth-order valence-electron chi connectivity index (χ4n) is 1.32. The predicted octanol–water partition coefficient (Wildman–Crippen LogP) is 2.51. The van der Waals surface area contributed by atoms with E-state index in [1.807, 2.05) is 27.7 Å². The van der Waals surface area contributed by atoms with Gasteiger partial charge in [-0.2, -0.15) is 0 Å². The molecule has 1 aliphatic rings. The molecule has 0 unspecified atom stereocenters. The Bertz CT molecular complexity index is 224. The Morgan fingerprint density at radius 1 is 1.21 bits per heavy atom. The Balaban J connectivity index is 2.66. The minimum atomic E-state index is -2.97. The number of hydrogen-bond acceptors (Lipinski definition) is 3. The van der Waals surface area contributed by atoms with Crippen molar-refractivity contribution in [2.45, 2.75) is 27.7 Å². The van der Waals surface area contributed by atoms with Crippen LogP contribution >= 0.6 is 7.75 Å². The largest absolute Gasteiger partial charge is 0.408 e. The highest BCUT2D eigenvalue weighted by Crippen LogP contribution is 2.56. The first-order valence-electron chi connectivity index (χ1n) is 5.08. The van der Waals surface area contributed by atoms with Crippen molar-refractivity contribution in [1.82, 2.24) is 4.67 Å². The van der Waals surface area contributed by atoms with Crippen molar-refractivity contribution in [3.8, 4) is 0 Å². The molecule has 1 aliphatic heterocycles. The van der Waals surface area contributed by atoms with E-state index in [0.29, 0.717) is 26.3 Å². The van der Waals surface area contributed by atoms with Crippen LogP contribution in [0, 0.1) is 5.41 Å². The first kappa shape index (κ1) is 12.2. The van der Waals surface area contributed by atoms with Gasteiger partial charge in [0.2, 0.25) is 0 Å². The van der Waals surface area contributed by atoms with Crippen LogP contribution in [0.4, 0.5) is 0 Å². The number of rotatable bonds is 3. The maximum atomic E-state index is 12.2. The van der Waals surface area contributed by atoms with Gasteiger partial charge in [-0.1, -0.05) is 27.7 Å². The summed E-state index contributed by atoms with van der Waals surface area (Å²) in [4.78, 5) is 0. The van der Waals surface area contributed by atoms with Crippen molar-refractivity contribution in [2.75, 3.05) is 26.3 Å². The fourth-order valence-corrected chi connectivity index (χ4v) is 3.44. The van der Waals surface area contributed by atoms with Crippen LogP contribution in [0.15, 0.2) is 0 Å². The molecule has 0 saturated carbocycles. The average Bonchev–Trinajstić information content (AvgIpc) is 2.13. The molecular formula is C9H20NO3P. The minimum absolute atomic E-state index is 0.0267. The quantitative estimate of drug-likeness (QED) is 0.686. The first-order chi connectivity index (χ1) is 6.43. The predicted molar refractivity (Wildman–Crippen MR) is 56.2 cm³/mol. The van der Waals surface area contributed by atoms with Crippen molar-refractivity contribution in [2.24, 2.45) is 5.41 Å². The van der Waals surface area contributed by atoms with Gasteiger partial charge in [-0.05, 0) is 0 Å². The molecule has 0 aliphatic carbocycles. The molecule has 14 heavy (non-hydrogen) atoms. The molecule has 0 aromatic carbocycles. The molecule has 1 heterocycles. The fraction of sp³-hybridized carbons (Fsp3) is 1.00. The zero-order chi connectivity index (χ0) is 10.8. The van der Waals surface area contributed by atoms with E-state index < -0.39 is 7.75 Å². The van der Waals surface area contributed by atoms with Crippen LogP contribution in [0.2, 0.25) is 0 Å². The van der Waals surface area contributed by atoms with E-state index >= 15 is 0 Å². The molecule has 0 atom stereocenters. The van der Waals surface area contributed by atoms with Crippen LogP contribution < -0.4 is 0 Å². The molecule has 0 aromatic heterocycles. The Kier molecular flexibility index (Phi) is 3.75. The van der Waals surface area contributed by atoms with Gasteiger partial charge in [-0.15, -0.1) is 0 Å². The van der Waals surface area contributed by atoms with E-state index in [4.69, 9.17) is 9.05 Å². The maximum absolute atomic E-state index is 12.2. The van der Waals surface area contributed by atoms with Crippen molar-refractivity contribution in [3.05, 3.63) is 0 Å². The van der Waals surface area contributed by atoms with Crippen molar-refractivity contribution < 1.29 is 13.6 Å². The van der Waals surface area contributed by atoms with Crippen LogP contribution in [-0.2, 0) is 13.6 Å². The van der Waals surface area contributed by atoms with Crippen molar-refractivity contribution >= 4 is 7.75 Å². The van der Waals surface area contributed by atoms with Crippen molar-refractivity contribution in [3.63, 3.8) is 0 Å². The molecule has 4 nitrogen and oxygen atoms in total. The summed E-state index contributed by atoms with van der Waals surface area (Å²) in [6.45, 7) is 10.4. The highest BCUT2D eigenvalue weighted by Gasteiger charge is 2.40. The number of hydrogen-bond donors (Lipinski definition) is 0. The Morgan fingerprint density at radius 3 is 2.00 bits per heavy atom. The van der Waals surface area contributed by atoms with E-state index in [1.165, 1.54) is 0 Å². The zero-order valence-corrected chi connectivity index (χ0v) is 10.3. The van der Waals surface area contributed by atoms with Crippen LogP contribution in [0.25, 0.3) is 0 Å². The van der Waals surface area contributed by atoms with Gasteiger partial charge in [-0.25, -0.2) is 9.24 Å². The van der Waals surface area contributed by atoms with Gasteiger partial charge in [0.15, 0.2) is 0 Å². The third-order valence-electron chi connectivity index (χ3n) is 2.31. The Labute approximate surface area is 86.2 Å². The zero-order valence-electron chi connectivity index (χ0n) is 9.45. The molecule has 5 heteroatoms. The maximum Gasteiger partial charge on any atom is 0.408 e. The van der Waals surface area contributed by atoms with E-state index in [2.05, 4.69) is 0 Å². The lowest BCUT2D eigenvalue weighted by Crippen LogP contribution is -2.34. The van der Waals surface area contributed by atoms with Gasteiger partial charge in [0.25, 0.3) is 0 Å². The van der Waals surface area contributed by atoms with Gasteiger partial charge in [-0.3, -0.25) is 9.05 Å². The van der Waals surface area contributed by atoms with Gasteiger partial charge in [0.1, 0.15) is 0 Å². The van der Waals surface area contributed by atoms with E-state index in [-0.39, 0.29) is 5.41 Å². The van der Waals surface area contributed by atoms with E-state index in [1.54, 1.807) is 4.67 Å². The molecule has 0 spiro atoms. The number of nitrogens with zero attached hydrogens (tertiary/aromatic N) is 1. The summed E-state index contributed by atoms with van der Waals surface area (Å²) in [6.07, 6.45) is 0. The molecule has 1 fully saturated rings. The summed E-state index contributed by atoms with van der Waals surface area (Å²) in [7, 11) is -2.97. The van der Waals surface area contributed by atoms with Crippen LogP contribution in [0.1, 0.15) is 27.7 Å². The summed E-state index contributed by atoms with van der Waals surface area (Å²) in [6, 6.07) is 0. The summed E-state index contributed by atoms with van der Waals surface area (Å²) in [5, 5.41) is 0. The lowest BCUT2D eigenvalue weighted by Gasteiger charge is -2.37. The summed E-state index contributed by atoms with van der Waals surface area (Å²) < 4.78 is 24.7. The van der Waals surface area contributed by atoms with Gasteiger partial charge in [0, 0.05) is 18.5 Å². The topological polar surface area (TPSA) is 38.8 Å². The molecule has 0 amide bonds. The summed E-state index contributed by atoms with van der Waals surface area (Å²) in [5.74, 6) is 0. The second kappa shape index (κ2) is 4.31. The van der Waals surface area contributed by atoms with Gasteiger partial charge in [0.05, 0.1) is 13.2 Å². The van der Waals surface area contributed by atoms with Crippen LogP contribution in [0.3, 0.4) is 0 Å². The first-order valence-corrected chi connectivity index (χ1v) is 6.57. The van der Waals surface area contributed by atoms with E-state index in [9.17, 15) is 4.57 Å². The molecule has 0 bridgehead atoms. The standard InChI is InChI=1S/C9H20NO3P/c1-5-10(6-2)14(11)12-7-9(3,4)8-13-14/h5-8H2,1-4H3. The molecule has 1 rings (SSSR count). The Morgan fingerprint density at radius 2 is 1.64 bits per heavy atom. The lowest BCUT2D eigenvalue weighted by atomic mass is 9.97. The highest BCUT2D eigenvalue weighted by atomic mass is 31.2. The summed E-state index contributed by atoms with van der Waals surface area (Å²) >= 11 is 0. The lowest BCUT2D eigenvalue weighted by molar-refractivity contribution is 0.0221. The second-order valence-corrected chi connectivity index (χ2v) is 6.34. The monoisotopic (exact) mass is 221 g/mol. The molecule has 1 saturated heterocycles. The van der Waals surface area contributed by atoms with E-state index in [0.717, 1.165) is 0 Å². The van der Waals surface area contributed by atoms with Crippen LogP contribution in [-0.4, -0.2) is 31.0 Å². The molecule has 0 N–H and O–H groups in total.